The Bertz CT molecular complexity index is 970. The van der Waals surface area contributed by atoms with Crippen molar-refractivity contribution in [3.05, 3.63) is 53.6 Å². The van der Waals surface area contributed by atoms with E-state index in [2.05, 4.69) is 16.0 Å². The van der Waals surface area contributed by atoms with Crippen LogP contribution in [0.2, 0.25) is 0 Å². The van der Waals surface area contributed by atoms with Crippen LogP contribution in [0.25, 0.3) is 0 Å². The third kappa shape index (κ3) is 4.29. The van der Waals surface area contributed by atoms with Gasteiger partial charge in [-0.2, -0.15) is 0 Å². The molecule has 150 valence electrons. The van der Waals surface area contributed by atoms with Gasteiger partial charge in [0.05, 0.1) is 22.2 Å². The molecule has 3 N–H and O–H groups in total. The molecule has 2 aromatic carbocycles. The van der Waals surface area contributed by atoms with Crippen LogP contribution in [-0.4, -0.2) is 29.0 Å². The number of anilines is 2. The maximum atomic E-state index is 12.8. The van der Waals surface area contributed by atoms with Gasteiger partial charge in [-0.15, -0.1) is 11.8 Å². The summed E-state index contributed by atoms with van der Waals surface area (Å²) in [5.74, 6) is -0.573. The number of benzene rings is 2. The fourth-order valence-electron chi connectivity index (χ4n) is 3.67. The van der Waals surface area contributed by atoms with Gasteiger partial charge >= 0.3 is 0 Å². The Kier molecular flexibility index (Phi) is 5.58. The highest BCUT2D eigenvalue weighted by Gasteiger charge is 2.24. The number of para-hydroxylation sites is 1. The van der Waals surface area contributed by atoms with Crippen LogP contribution in [0.3, 0.4) is 0 Å². The maximum absolute atomic E-state index is 12.8. The third-order valence-electron chi connectivity index (χ3n) is 5.28. The minimum atomic E-state index is -0.327. The number of carbonyl (C=O) groups is 3. The molecule has 2 aromatic rings. The zero-order chi connectivity index (χ0) is 20.4. The second kappa shape index (κ2) is 8.29. The summed E-state index contributed by atoms with van der Waals surface area (Å²) in [6.07, 6.45) is 4.26. The first-order chi connectivity index (χ1) is 14.0. The predicted molar refractivity (Wildman–Crippen MR) is 115 cm³/mol. The van der Waals surface area contributed by atoms with Crippen LogP contribution in [0.15, 0.2) is 47.4 Å². The highest BCUT2D eigenvalue weighted by molar-refractivity contribution is 8.00. The first kappa shape index (κ1) is 19.5. The van der Waals surface area contributed by atoms with Crippen LogP contribution in [-0.2, 0) is 4.79 Å². The SMILES string of the molecule is CC1Sc2ccc(C(=O)Nc3ccccc3C(=O)NC3CCCC3)cc2NC1=O. The van der Waals surface area contributed by atoms with Crippen molar-refractivity contribution < 1.29 is 14.4 Å². The van der Waals surface area contributed by atoms with Crippen molar-refractivity contribution in [1.82, 2.24) is 5.32 Å². The monoisotopic (exact) mass is 409 g/mol. The topological polar surface area (TPSA) is 87.3 Å². The Morgan fingerprint density at radius 2 is 1.83 bits per heavy atom. The van der Waals surface area contributed by atoms with E-state index in [1.54, 1.807) is 36.4 Å². The predicted octanol–water partition coefficient (Wildman–Crippen LogP) is 4.04. The van der Waals surface area contributed by atoms with Crippen LogP contribution in [0.5, 0.6) is 0 Å². The lowest BCUT2D eigenvalue weighted by Gasteiger charge is -2.21. The van der Waals surface area contributed by atoms with E-state index in [1.165, 1.54) is 11.8 Å². The van der Waals surface area contributed by atoms with E-state index in [9.17, 15) is 14.4 Å². The Balaban J connectivity index is 1.51. The summed E-state index contributed by atoms with van der Waals surface area (Å²) in [7, 11) is 0. The maximum Gasteiger partial charge on any atom is 0.255 e. The lowest BCUT2D eigenvalue weighted by atomic mass is 10.1. The number of thioether (sulfide) groups is 1. The molecule has 1 fully saturated rings. The summed E-state index contributed by atoms with van der Waals surface area (Å²) in [5.41, 5.74) is 1.98. The van der Waals surface area contributed by atoms with Gasteiger partial charge in [0, 0.05) is 16.5 Å². The molecule has 3 amide bonds. The van der Waals surface area contributed by atoms with Crippen LogP contribution in [0.4, 0.5) is 11.4 Å². The van der Waals surface area contributed by atoms with Crippen molar-refractivity contribution in [3.63, 3.8) is 0 Å². The first-order valence-corrected chi connectivity index (χ1v) is 10.7. The van der Waals surface area contributed by atoms with Crippen molar-refractivity contribution in [2.45, 2.75) is 48.8 Å². The average Bonchev–Trinajstić information content (AvgIpc) is 3.22. The number of hydrogen-bond acceptors (Lipinski definition) is 4. The second-order valence-electron chi connectivity index (χ2n) is 7.41. The molecule has 0 saturated heterocycles. The molecule has 0 aromatic heterocycles. The third-order valence-corrected chi connectivity index (χ3v) is 6.46. The number of nitrogens with one attached hydrogen (secondary N) is 3. The second-order valence-corrected chi connectivity index (χ2v) is 8.80. The standard InChI is InChI=1S/C22H23N3O3S/c1-13-20(26)25-18-12-14(10-11-19(18)29-13)21(27)24-17-9-5-4-8-16(17)22(28)23-15-6-2-3-7-15/h4-5,8-13,15H,2-3,6-7H2,1H3,(H,23,28)(H,24,27)(H,25,26). The van der Waals surface area contributed by atoms with Gasteiger partial charge < -0.3 is 16.0 Å². The Hall–Kier alpha value is -2.80. The Labute approximate surface area is 173 Å². The molecule has 0 spiro atoms. The Morgan fingerprint density at radius 1 is 1.07 bits per heavy atom. The summed E-state index contributed by atoms with van der Waals surface area (Å²) in [5, 5.41) is 8.57. The highest BCUT2D eigenvalue weighted by atomic mass is 32.2. The minimum absolute atomic E-state index is 0.0750. The van der Waals surface area contributed by atoms with Gasteiger partial charge in [-0.1, -0.05) is 25.0 Å². The number of carbonyl (C=O) groups excluding carboxylic acids is 3. The summed E-state index contributed by atoms with van der Waals surface area (Å²) in [6.45, 7) is 1.84. The zero-order valence-electron chi connectivity index (χ0n) is 16.2. The molecule has 1 aliphatic carbocycles. The van der Waals surface area contributed by atoms with Gasteiger partial charge in [-0.05, 0) is 50.1 Å². The van der Waals surface area contributed by atoms with Crippen molar-refractivity contribution in [1.29, 1.82) is 0 Å². The minimum Gasteiger partial charge on any atom is -0.349 e. The van der Waals surface area contributed by atoms with Crippen molar-refractivity contribution in [2.75, 3.05) is 10.6 Å². The summed E-state index contributed by atoms with van der Waals surface area (Å²) < 4.78 is 0. The van der Waals surface area contributed by atoms with Gasteiger partial charge in [0.25, 0.3) is 11.8 Å². The van der Waals surface area contributed by atoms with E-state index < -0.39 is 0 Å². The lowest BCUT2D eigenvalue weighted by Crippen LogP contribution is -2.33. The molecule has 4 rings (SSSR count). The molecular weight excluding hydrogens is 386 g/mol. The number of rotatable bonds is 4. The Morgan fingerprint density at radius 3 is 2.62 bits per heavy atom. The van der Waals surface area contributed by atoms with E-state index >= 15 is 0 Å². The van der Waals surface area contributed by atoms with Gasteiger partial charge in [0.1, 0.15) is 0 Å². The molecule has 29 heavy (non-hydrogen) atoms. The van der Waals surface area contributed by atoms with Crippen LogP contribution >= 0.6 is 11.8 Å². The lowest BCUT2D eigenvalue weighted by molar-refractivity contribution is -0.115. The number of amides is 3. The number of hydrogen-bond donors (Lipinski definition) is 3. The molecule has 1 heterocycles. The molecule has 1 unspecified atom stereocenters. The van der Waals surface area contributed by atoms with E-state index in [0.29, 0.717) is 22.5 Å². The van der Waals surface area contributed by atoms with E-state index in [0.717, 1.165) is 30.6 Å². The highest BCUT2D eigenvalue weighted by Crippen LogP contribution is 2.36. The van der Waals surface area contributed by atoms with Crippen LogP contribution in [0, 0.1) is 0 Å². The molecule has 6 nitrogen and oxygen atoms in total. The molecule has 1 atom stereocenters. The molecular formula is C22H23N3O3S. The summed E-state index contributed by atoms with van der Waals surface area (Å²) in [6, 6.07) is 12.4. The molecule has 1 aliphatic heterocycles. The fraction of sp³-hybridized carbons (Fsp3) is 0.318. The largest absolute Gasteiger partial charge is 0.349 e. The summed E-state index contributed by atoms with van der Waals surface area (Å²) in [4.78, 5) is 38.3. The van der Waals surface area contributed by atoms with Crippen molar-refractivity contribution in [2.24, 2.45) is 0 Å². The van der Waals surface area contributed by atoms with Gasteiger partial charge in [0.15, 0.2) is 0 Å². The van der Waals surface area contributed by atoms with E-state index in [4.69, 9.17) is 0 Å². The van der Waals surface area contributed by atoms with Gasteiger partial charge in [-0.3, -0.25) is 14.4 Å². The first-order valence-electron chi connectivity index (χ1n) is 9.84. The molecule has 2 aliphatic rings. The van der Waals surface area contributed by atoms with E-state index in [-0.39, 0.29) is 29.0 Å². The zero-order valence-corrected chi connectivity index (χ0v) is 17.0. The van der Waals surface area contributed by atoms with Crippen LogP contribution < -0.4 is 16.0 Å². The molecule has 7 heteroatoms. The van der Waals surface area contributed by atoms with Gasteiger partial charge in [-0.25, -0.2) is 0 Å². The molecule has 1 saturated carbocycles. The average molecular weight is 410 g/mol. The molecule has 0 bridgehead atoms. The van der Waals surface area contributed by atoms with Crippen molar-refractivity contribution >= 4 is 40.9 Å². The van der Waals surface area contributed by atoms with Gasteiger partial charge in [0.2, 0.25) is 5.91 Å². The number of fused-ring (bicyclic) bond motifs is 1. The van der Waals surface area contributed by atoms with Crippen molar-refractivity contribution in [3.8, 4) is 0 Å². The quantitative estimate of drug-likeness (QED) is 0.711. The van der Waals surface area contributed by atoms with E-state index in [1.807, 2.05) is 13.0 Å². The fourth-order valence-corrected chi connectivity index (χ4v) is 4.60. The molecule has 0 radical (unpaired) electrons. The normalized spacial score (nSPS) is 18.7. The smallest absolute Gasteiger partial charge is 0.255 e. The summed E-state index contributed by atoms with van der Waals surface area (Å²) >= 11 is 1.47. The van der Waals surface area contributed by atoms with Crippen LogP contribution in [0.1, 0.15) is 53.3 Å².